The molecule has 2 aromatic rings. The van der Waals surface area contributed by atoms with E-state index in [0.29, 0.717) is 12.4 Å². The van der Waals surface area contributed by atoms with Gasteiger partial charge in [-0.05, 0) is 12.0 Å². The first kappa shape index (κ1) is 17.1. The van der Waals surface area contributed by atoms with Crippen molar-refractivity contribution in [2.75, 3.05) is 13.6 Å². The molecule has 0 fully saturated rings. The first-order valence-corrected chi connectivity index (χ1v) is 7.75. The van der Waals surface area contributed by atoms with Gasteiger partial charge in [-0.2, -0.15) is 5.10 Å². The molecule has 7 heteroatoms. The van der Waals surface area contributed by atoms with E-state index in [0.717, 1.165) is 24.7 Å². The summed E-state index contributed by atoms with van der Waals surface area (Å²) in [6.45, 7) is 7.59. The van der Waals surface area contributed by atoms with E-state index < -0.39 is 0 Å². The predicted molar refractivity (Wildman–Crippen MR) is 90.3 cm³/mol. The SMILES string of the molecule is CN=C(NCCc1cnn(C)c1)NCc1ncc(C(C)(C)C)o1. The molecule has 0 amide bonds. The standard InChI is InChI=1S/C16H26N6O/c1-16(2,3)13-9-19-14(23-13)10-20-15(17-4)18-7-6-12-8-21-22(5)11-12/h8-9,11H,6-7,10H2,1-5H3,(H2,17,18,20). The molecule has 2 aromatic heterocycles. The van der Waals surface area contributed by atoms with Crippen molar-refractivity contribution in [2.45, 2.75) is 39.2 Å². The van der Waals surface area contributed by atoms with Gasteiger partial charge in [-0.25, -0.2) is 4.98 Å². The Kier molecular flexibility index (Phi) is 5.41. The van der Waals surface area contributed by atoms with Crippen molar-refractivity contribution in [2.24, 2.45) is 12.0 Å². The second kappa shape index (κ2) is 7.30. The molecule has 2 heterocycles. The second-order valence-corrected chi connectivity index (χ2v) is 6.49. The topological polar surface area (TPSA) is 80.3 Å². The molecule has 0 bridgehead atoms. The number of hydrogen-bond donors (Lipinski definition) is 2. The van der Waals surface area contributed by atoms with Crippen molar-refractivity contribution >= 4 is 5.96 Å². The Morgan fingerprint density at radius 1 is 1.30 bits per heavy atom. The number of aryl methyl sites for hydroxylation is 1. The number of aromatic nitrogens is 3. The molecule has 0 unspecified atom stereocenters. The Hall–Kier alpha value is -2.31. The van der Waals surface area contributed by atoms with Crippen LogP contribution in [0, 0.1) is 0 Å². The van der Waals surface area contributed by atoms with Gasteiger partial charge in [-0.15, -0.1) is 0 Å². The monoisotopic (exact) mass is 318 g/mol. The summed E-state index contributed by atoms with van der Waals surface area (Å²) < 4.78 is 7.56. The first-order valence-electron chi connectivity index (χ1n) is 7.75. The molecule has 126 valence electrons. The van der Waals surface area contributed by atoms with E-state index in [1.165, 1.54) is 5.56 Å². The van der Waals surface area contributed by atoms with Gasteiger partial charge >= 0.3 is 0 Å². The smallest absolute Gasteiger partial charge is 0.213 e. The normalized spacial score (nSPS) is 12.5. The van der Waals surface area contributed by atoms with Crippen LogP contribution in [-0.4, -0.2) is 34.3 Å². The zero-order valence-electron chi connectivity index (χ0n) is 14.6. The van der Waals surface area contributed by atoms with Crippen LogP contribution < -0.4 is 10.6 Å². The van der Waals surface area contributed by atoms with Crippen molar-refractivity contribution in [1.82, 2.24) is 25.4 Å². The van der Waals surface area contributed by atoms with Gasteiger partial charge in [-0.3, -0.25) is 9.67 Å². The quantitative estimate of drug-likeness (QED) is 0.647. The van der Waals surface area contributed by atoms with Crippen LogP contribution in [0.3, 0.4) is 0 Å². The largest absolute Gasteiger partial charge is 0.443 e. The lowest BCUT2D eigenvalue weighted by molar-refractivity contribution is 0.379. The highest BCUT2D eigenvalue weighted by Crippen LogP contribution is 2.22. The molecule has 0 saturated carbocycles. The molecule has 0 radical (unpaired) electrons. The van der Waals surface area contributed by atoms with Crippen LogP contribution in [0.5, 0.6) is 0 Å². The summed E-state index contributed by atoms with van der Waals surface area (Å²) in [4.78, 5) is 8.50. The molecule has 0 spiro atoms. The van der Waals surface area contributed by atoms with Gasteiger partial charge in [0.2, 0.25) is 5.89 Å². The maximum absolute atomic E-state index is 5.75. The maximum Gasteiger partial charge on any atom is 0.213 e. The van der Waals surface area contributed by atoms with E-state index in [1.807, 2.05) is 19.4 Å². The van der Waals surface area contributed by atoms with Crippen LogP contribution in [-0.2, 0) is 25.4 Å². The van der Waals surface area contributed by atoms with Crippen LogP contribution in [0.15, 0.2) is 28.0 Å². The van der Waals surface area contributed by atoms with Crippen LogP contribution >= 0.6 is 0 Å². The maximum atomic E-state index is 5.75. The number of rotatable bonds is 5. The van der Waals surface area contributed by atoms with E-state index in [2.05, 4.69) is 46.5 Å². The highest BCUT2D eigenvalue weighted by molar-refractivity contribution is 5.79. The molecule has 2 rings (SSSR count). The fourth-order valence-corrected chi connectivity index (χ4v) is 2.04. The Morgan fingerprint density at radius 2 is 2.09 bits per heavy atom. The van der Waals surface area contributed by atoms with Crippen molar-refractivity contribution in [3.63, 3.8) is 0 Å². The summed E-state index contributed by atoms with van der Waals surface area (Å²) in [7, 11) is 3.66. The lowest BCUT2D eigenvalue weighted by atomic mass is 9.94. The van der Waals surface area contributed by atoms with Crippen molar-refractivity contribution in [1.29, 1.82) is 0 Å². The number of guanidine groups is 1. The van der Waals surface area contributed by atoms with E-state index in [9.17, 15) is 0 Å². The summed E-state index contributed by atoms with van der Waals surface area (Å²) in [5.41, 5.74) is 1.16. The number of oxazole rings is 1. The molecule has 23 heavy (non-hydrogen) atoms. The fraction of sp³-hybridized carbons (Fsp3) is 0.562. The first-order chi connectivity index (χ1) is 10.9. The van der Waals surface area contributed by atoms with Gasteiger partial charge < -0.3 is 15.1 Å². The van der Waals surface area contributed by atoms with Crippen molar-refractivity contribution in [3.05, 3.63) is 35.8 Å². The summed E-state index contributed by atoms with van der Waals surface area (Å²) in [5.74, 6) is 2.27. The second-order valence-electron chi connectivity index (χ2n) is 6.49. The fourth-order valence-electron chi connectivity index (χ4n) is 2.04. The van der Waals surface area contributed by atoms with Crippen molar-refractivity contribution < 1.29 is 4.42 Å². The molecule has 0 saturated heterocycles. The Morgan fingerprint density at radius 3 is 2.65 bits per heavy atom. The van der Waals surface area contributed by atoms with E-state index in [4.69, 9.17) is 4.42 Å². The minimum absolute atomic E-state index is 0.0328. The van der Waals surface area contributed by atoms with E-state index >= 15 is 0 Å². The molecule has 0 aliphatic rings. The molecule has 0 aliphatic heterocycles. The van der Waals surface area contributed by atoms with Gasteiger partial charge in [0.25, 0.3) is 0 Å². The van der Waals surface area contributed by atoms with Crippen LogP contribution in [0.2, 0.25) is 0 Å². The minimum Gasteiger partial charge on any atom is -0.443 e. The molecule has 2 N–H and O–H groups in total. The van der Waals surface area contributed by atoms with Gasteiger partial charge in [-0.1, -0.05) is 20.8 Å². The molecular formula is C16H26N6O. The lowest BCUT2D eigenvalue weighted by Crippen LogP contribution is -2.37. The molecule has 7 nitrogen and oxygen atoms in total. The summed E-state index contributed by atoms with van der Waals surface area (Å²) >= 11 is 0. The number of nitrogens with zero attached hydrogens (tertiary/aromatic N) is 4. The average Bonchev–Trinajstić information content (AvgIpc) is 3.11. The third-order valence-corrected chi connectivity index (χ3v) is 3.39. The highest BCUT2D eigenvalue weighted by atomic mass is 16.4. The molecule has 0 aliphatic carbocycles. The summed E-state index contributed by atoms with van der Waals surface area (Å²) in [6.07, 6.45) is 6.56. The zero-order valence-corrected chi connectivity index (χ0v) is 14.6. The highest BCUT2D eigenvalue weighted by Gasteiger charge is 2.19. The Balaban J connectivity index is 1.77. The van der Waals surface area contributed by atoms with E-state index in [1.54, 1.807) is 17.9 Å². The number of aliphatic imine (C=N–C) groups is 1. The van der Waals surface area contributed by atoms with Gasteiger partial charge in [0.05, 0.1) is 18.9 Å². The van der Waals surface area contributed by atoms with Gasteiger partial charge in [0.1, 0.15) is 5.76 Å². The molecule has 0 aromatic carbocycles. The van der Waals surface area contributed by atoms with Gasteiger partial charge in [0.15, 0.2) is 5.96 Å². The number of nitrogens with one attached hydrogen (secondary N) is 2. The summed E-state index contributed by atoms with van der Waals surface area (Å²) in [6, 6.07) is 0. The molecule has 0 atom stereocenters. The third-order valence-electron chi connectivity index (χ3n) is 3.39. The van der Waals surface area contributed by atoms with E-state index in [-0.39, 0.29) is 5.41 Å². The predicted octanol–water partition coefficient (Wildman–Crippen LogP) is 1.61. The zero-order chi connectivity index (χ0) is 16.9. The van der Waals surface area contributed by atoms with Gasteiger partial charge in [0, 0.05) is 32.3 Å². The van der Waals surface area contributed by atoms with Crippen LogP contribution in [0.4, 0.5) is 0 Å². The van der Waals surface area contributed by atoms with Crippen molar-refractivity contribution in [3.8, 4) is 0 Å². The molecular weight excluding hydrogens is 292 g/mol. The average molecular weight is 318 g/mol. The lowest BCUT2D eigenvalue weighted by Gasteiger charge is -2.13. The Labute approximate surface area is 137 Å². The summed E-state index contributed by atoms with van der Waals surface area (Å²) in [5, 5.41) is 10.6. The van der Waals surface area contributed by atoms with Crippen LogP contribution in [0.1, 0.15) is 38.0 Å². The Bertz CT molecular complexity index is 650. The van der Waals surface area contributed by atoms with Crippen LogP contribution in [0.25, 0.3) is 0 Å². The third kappa shape index (κ3) is 5.12. The minimum atomic E-state index is -0.0328. The number of hydrogen-bond acceptors (Lipinski definition) is 4.